The molecule has 1 amide bonds. The summed E-state index contributed by atoms with van der Waals surface area (Å²) in [7, 11) is 1.74. The molecule has 0 bridgehead atoms. The van der Waals surface area contributed by atoms with Crippen LogP contribution in [0.4, 0.5) is 0 Å². The van der Waals surface area contributed by atoms with E-state index in [0.29, 0.717) is 6.54 Å². The summed E-state index contributed by atoms with van der Waals surface area (Å²) in [6.45, 7) is 10.1. The van der Waals surface area contributed by atoms with Crippen LogP contribution >= 0.6 is 0 Å². The highest BCUT2D eigenvalue weighted by molar-refractivity contribution is 5.80. The van der Waals surface area contributed by atoms with Gasteiger partial charge in [0.1, 0.15) is 11.6 Å². The van der Waals surface area contributed by atoms with Gasteiger partial charge in [-0.25, -0.2) is 0 Å². The Morgan fingerprint density at radius 1 is 1.33 bits per heavy atom. The van der Waals surface area contributed by atoms with Gasteiger partial charge in [-0.2, -0.15) is 0 Å². The van der Waals surface area contributed by atoms with Crippen molar-refractivity contribution in [2.45, 2.75) is 52.7 Å². The van der Waals surface area contributed by atoms with Crippen molar-refractivity contribution in [3.63, 3.8) is 0 Å². The van der Waals surface area contributed by atoms with Gasteiger partial charge in [0.25, 0.3) is 0 Å². The largest absolute Gasteiger partial charge is 0.459 e. The lowest BCUT2D eigenvalue weighted by atomic mass is 10.2. The van der Waals surface area contributed by atoms with E-state index in [1.54, 1.807) is 18.9 Å². The van der Waals surface area contributed by atoms with E-state index in [2.05, 4.69) is 5.32 Å². The summed E-state index contributed by atoms with van der Waals surface area (Å²) in [5.41, 5.74) is -0.503. The van der Waals surface area contributed by atoms with Crippen molar-refractivity contribution in [1.82, 2.24) is 10.2 Å². The van der Waals surface area contributed by atoms with E-state index in [1.807, 2.05) is 27.7 Å². The second-order valence-corrected chi connectivity index (χ2v) is 5.47. The van der Waals surface area contributed by atoms with E-state index in [9.17, 15) is 9.59 Å². The molecule has 18 heavy (non-hydrogen) atoms. The Morgan fingerprint density at radius 2 is 1.89 bits per heavy atom. The molecule has 0 aliphatic rings. The molecule has 5 heteroatoms. The number of carbonyl (C=O) groups excluding carboxylic acids is 2. The second-order valence-electron chi connectivity index (χ2n) is 5.47. The predicted octanol–water partition coefficient (Wildman–Crippen LogP) is 1.17. The van der Waals surface area contributed by atoms with Crippen molar-refractivity contribution in [2.75, 3.05) is 20.1 Å². The molecule has 5 nitrogen and oxygen atoms in total. The third-order valence-corrected chi connectivity index (χ3v) is 2.37. The van der Waals surface area contributed by atoms with Crippen molar-refractivity contribution in [1.29, 1.82) is 0 Å². The number of ether oxygens (including phenoxy) is 1. The van der Waals surface area contributed by atoms with Crippen LogP contribution < -0.4 is 5.32 Å². The van der Waals surface area contributed by atoms with E-state index < -0.39 is 11.6 Å². The smallest absolute Gasteiger partial charge is 0.323 e. The Bertz CT molecular complexity index is 284. The minimum absolute atomic E-state index is 0.0743. The first-order valence-electron chi connectivity index (χ1n) is 6.37. The van der Waals surface area contributed by atoms with Gasteiger partial charge < -0.3 is 10.1 Å². The minimum Gasteiger partial charge on any atom is -0.459 e. The highest BCUT2D eigenvalue weighted by atomic mass is 16.6. The Hall–Kier alpha value is -1.10. The molecule has 0 aliphatic carbocycles. The van der Waals surface area contributed by atoms with Crippen LogP contribution in [-0.2, 0) is 14.3 Å². The van der Waals surface area contributed by atoms with Crippen molar-refractivity contribution in [2.24, 2.45) is 0 Å². The van der Waals surface area contributed by atoms with Crippen LogP contribution in [0.15, 0.2) is 0 Å². The lowest BCUT2D eigenvalue weighted by molar-refractivity contribution is -0.160. The summed E-state index contributed by atoms with van der Waals surface area (Å²) in [6, 6.07) is -0.434. The van der Waals surface area contributed by atoms with Gasteiger partial charge in [-0.15, -0.1) is 0 Å². The molecule has 0 aliphatic heterocycles. The van der Waals surface area contributed by atoms with E-state index in [0.717, 1.165) is 6.42 Å². The molecular weight excluding hydrogens is 232 g/mol. The Labute approximate surface area is 110 Å². The number of amides is 1. The van der Waals surface area contributed by atoms with Crippen LogP contribution in [0.25, 0.3) is 0 Å². The van der Waals surface area contributed by atoms with E-state index in [1.165, 1.54) is 0 Å². The number of rotatable bonds is 6. The summed E-state index contributed by atoms with van der Waals surface area (Å²) < 4.78 is 5.27. The second kappa shape index (κ2) is 7.36. The summed E-state index contributed by atoms with van der Waals surface area (Å²) >= 11 is 0. The number of nitrogens with zero attached hydrogens (tertiary/aromatic N) is 1. The molecule has 0 spiro atoms. The molecule has 0 aromatic carbocycles. The van der Waals surface area contributed by atoms with Gasteiger partial charge in [0.2, 0.25) is 5.91 Å². The zero-order valence-electron chi connectivity index (χ0n) is 12.4. The van der Waals surface area contributed by atoms with Gasteiger partial charge in [0.15, 0.2) is 0 Å². The summed E-state index contributed by atoms with van der Waals surface area (Å²) in [6.07, 6.45) is 0.900. The molecule has 0 fully saturated rings. The highest BCUT2D eigenvalue weighted by Gasteiger charge is 2.25. The fourth-order valence-corrected chi connectivity index (χ4v) is 1.25. The third-order valence-electron chi connectivity index (χ3n) is 2.37. The molecule has 0 aromatic rings. The molecular formula is C13H26N2O3. The molecule has 0 rings (SSSR count). The molecule has 0 heterocycles. The SMILES string of the molecule is CCCNC(=O)CN(C)C(C)C(=O)OC(C)(C)C. The van der Waals surface area contributed by atoms with Crippen molar-refractivity contribution >= 4 is 11.9 Å². The van der Waals surface area contributed by atoms with Crippen LogP contribution in [0.5, 0.6) is 0 Å². The van der Waals surface area contributed by atoms with Crippen LogP contribution in [0.3, 0.4) is 0 Å². The standard InChI is InChI=1S/C13H26N2O3/c1-7-8-14-11(16)9-15(6)10(2)12(17)18-13(3,4)5/h10H,7-9H2,1-6H3,(H,14,16). The maximum atomic E-state index is 11.8. The molecule has 0 radical (unpaired) electrons. The lowest BCUT2D eigenvalue weighted by Gasteiger charge is -2.27. The normalized spacial score (nSPS) is 13.3. The first-order chi connectivity index (χ1) is 8.17. The van der Waals surface area contributed by atoms with E-state index in [4.69, 9.17) is 4.74 Å². The average Bonchev–Trinajstić information content (AvgIpc) is 2.22. The molecule has 106 valence electrons. The molecule has 1 unspecified atom stereocenters. The number of hydrogen-bond donors (Lipinski definition) is 1. The molecule has 1 atom stereocenters. The first-order valence-corrected chi connectivity index (χ1v) is 6.37. The quantitative estimate of drug-likeness (QED) is 0.727. The number of esters is 1. The van der Waals surface area contributed by atoms with Gasteiger partial charge in [-0.1, -0.05) is 6.92 Å². The summed E-state index contributed by atoms with van der Waals surface area (Å²) in [5.74, 6) is -0.386. The van der Waals surface area contributed by atoms with Crippen LogP contribution in [0.2, 0.25) is 0 Å². The lowest BCUT2D eigenvalue weighted by Crippen LogP contribution is -2.45. The third kappa shape index (κ3) is 7.27. The average molecular weight is 258 g/mol. The maximum absolute atomic E-state index is 11.8. The Kier molecular flexibility index (Phi) is 6.91. The molecule has 0 saturated carbocycles. The monoisotopic (exact) mass is 258 g/mol. The van der Waals surface area contributed by atoms with E-state index in [-0.39, 0.29) is 18.4 Å². The zero-order chi connectivity index (χ0) is 14.3. The van der Waals surface area contributed by atoms with Crippen molar-refractivity contribution in [3.05, 3.63) is 0 Å². The number of nitrogens with one attached hydrogen (secondary N) is 1. The van der Waals surface area contributed by atoms with Gasteiger partial charge in [-0.3, -0.25) is 14.5 Å². The summed E-state index contributed by atoms with van der Waals surface area (Å²) in [5, 5.41) is 2.77. The van der Waals surface area contributed by atoms with Crippen LogP contribution in [-0.4, -0.2) is 48.6 Å². The zero-order valence-corrected chi connectivity index (χ0v) is 12.4. The van der Waals surface area contributed by atoms with Crippen molar-refractivity contribution < 1.29 is 14.3 Å². The Morgan fingerprint density at radius 3 is 2.33 bits per heavy atom. The Balaban J connectivity index is 4.21. The van der Waals surface area contributed by atoms with Crippen molar-refractivity contribution in [3.8, 4) is 0 Å². The molecule has 0 saturated heterocycles. The van der Waals surface area contributed by atoms with E-state index >= 15 is 0 Å². The first kappa shape index (κ1) is 16.9. The predicted molar refractivity (Wildman–Crippen MR) is 71.2 cm³/mol. The van der Waals surface area contributed by atoms with Crippen LogP contribution in [0, 0.1) is 0 Å². The topological polar surface area (TPSA) is 58.6 Å². The van der Waals surface area contributed by atoms with Gasteiger partial charge >= 0.3 is 5.97 Å². The van der Waals surface area contributed by atoms with Crippen LogP contribution in [0.1, 0.15) is 41.0 Å². The van der Waals surface area contributed by atoms with Gasteiger partial charge in [0, 0.05) is 6.54 Å². The molecule has 1 N–H and O–H groups in total. The molecule has 0 aromatic heterocycles. The number of carbonyl (C=O) groups is 2. The van der Waals surface area contributed by atoms with Gasteiger partial charge in [0.05, 0.1) is 6.54 Å². The fourth-order valence-electron chi connectivity index (χ4n) is 1.25. The minimum atomic E-state index is -0.503. The number of likely N-dealkylation sites (N-methyl/N-ethyl adjacent to an activating group) is 1. The summed E-state index contributed by atoms with van der Waals surface area (Å²) in [4.78, 5) is 25.0. The number of hydrogen-bond acceptors (Lipinski definition) is 4. The fraction of sp³-hybridized carbons (Fsp3) is 0.846. The maximum Gasteiger partial charge on any atom is 0.323 e. The highest BCUT2D eigenvalue weighted by Crippen LogP contribution is 2.10. The van der Waals surface area contributed by atoms with Gasteiger partial charge in [-0.05, 0) is 41.2 Å².